The molecule has 0 fully saturated rings. The molecule has 3 aromatic carbocycles. The van der Waals surface area contributed by atoms with Crippen molar-refractivity contribution >= 4 is 11.7 Å². The van der Waals surface area contributed by atoms with Crippen LogP contribution in [-0.4, -0.2) is 23.7 Å². The van der Waals surface area contributed by atoms with Gasteiger partial charge in [0.1, 0.15) is 11.9 Å². The molecule has 0 heterocycles. The first-order valence-electron chi connectivity index (χ1n) is 11.5. The van der Waals surface area contributed by atoms with Crippen molar-refractivity contribution in [3.05, 3.63) is 100 Å². The van der Waals surface area contributed by atoms with Crippen LogP contribution in [0.25, 0.3) is 0 Å². The van der Waals surface area contributed by atoms with Gasteiger partial charge in [0.2, 0.25) is 0 Å². The molecule has 3 rings (SSSR count). The van der Waals surface area contributed by atoms with Crippen molar-refractivity contribution in [2.45, 2.75) is 45.2 Å². The van der Waals surface area contributed by atoms with Crippen LogP contribution in [0.5, 0.6) is 0 Å². The van der Waals surface area contributed by atoms with Gasteiger partial charge >= 0.3 is 5.97 Å². The second kappa shape index (κ2) is 12.0. The SMILES string of the molecule is CC[C@@H](Nc1c(C)cc(F)cc1C#N)[C@H](NCCc1cccc(CC(=O)O)c1)c1ccccc1. The molecule has 3 aromatic rings. The van der Waals surface area contributed by atoms with Crippen LogP contribution in [0.2, 0.25) is 0 Å². The first kappa shape index (κ1) is 24.9. The van der Waals surface area contributed by atoms with Crippen molar-refractivity contribution in [2.24, 2.45) is 0 Å². The summed E-state index contributed by atoms with van der Waals surface area (Å²) in [6, 6.07) is 22.5. The Morgan fingerprint density at radius 3 is 2.50 bits per heavy atom. The number of aliphatic carboxylic acids is 1. The third kappa shape index (κ3) is 6.66. The van der Waals surface area contributed by atoms with Gasteiger partial charge in [-0.25, -0.2) is 4.39 Å². The summed E-state index contributed by atoms with van der Waals surface area (Å²) < 4.78 is 13.8. The van der Waals surface area contributed by atoms with E-state index in [1.165, 1.54) is 12.1 Å². The Balaban J connectivity index is 1.80. The normalized spacial score (nSPS) is 12.5. The van der Waals surface area contributed by atoms with Crippen LogP contribution in [0.3, 0.4) is 0 Å². The van der Waals surface area contributed by atoms with Gasteiger partial charge < -0.3 is 15.7 Å². The Hall–Kier alpha value is -3.69. The smallest absolute Gasteiger partial charge is 0.307 e. The minimum Gasteiger partial charge on any atom is -0.481 e. The van der Waals surface area contributed by atoms with Gasteiger partial charge in [-0.1, -0.05) is 61.5 Å². The topological polar surface area (TPSA) is 85.2 Å². The van der Waals surface area contributed by atoms with Gasteiger partial charge in [-0.05, 0) is 60.7 Å². The molecule has 0 aliphatic heterocycles. The van der Waals surface area contributed by atoms with E-state index in [2.05, 4.69) is 35.8 Å². The van der Waals surface area contributed by atoms with E-state index in [1.807, 2.05) is 42.5 Å². The highest BCUT2D eigenvalue weighted by atomic mass is 19.1. The van der Waals surface area contributed by atoms with Gasteiger partial charge in [0.15, 0.2) is 0 Å². The molecule has 0 saturated carbocycles. The summed E-state index contributed by atoms with van der Waals surface area (Å²) in [5.74, 6) is -1.26. The predicted molar refractivity (Wildman–Crippen MR) is 132 cm³/mol. The monoisotopic (exact) mass is 459 g/mol. The molecule has 0 unspecified atom stereocenters. The van der Waals surface area contributed by atoms with Gasteiger partial charge in [-0.3, -0.25) is 4.79 Å². The molecule has 0 saturated heterocycles. The second-order valence-corrected chi connectivity index (χ2v) is 8.40. The van der Waals surface area contributed by atoms with E-state index in [9.17, 15) is 14.4 Å². The Morgan fingerprint density at radius 2 is 1.82 bits per heavy atom. The number of aryl methyl sites for hydroxylation is 1. The van der Waals surface area contributed by atoms with E-state index in [0.717, 1.165) is 29.5 Å². The Bertz CT molecular complexity index is 1160. The summed E-state index contributed by atoms with van der Waals surface area (Å²) in [6.07, 6.45) is 1.53. The van der Waals surface area contributed by atoms with E-state index >= 15 is 0 Å². The standard InChI is InChI=1S/C28H30FN3O2/c1-3-25(32-27-19(2)14-24(29)17-23(27)18-30)28(22-10-5-4-6-11-22)31-13-12-20-8-7-9-21(15-20)16-26(33)34/h4-11,14-15,17,25,28,31-32H,3,12-13,16H2,1-2H3,(H,33,34)/t25-,28-/m1/s1. The highest BCUT2D eigenvalue weighted by molar-refractivity contribution is 5.70. The minimum absolute atomic E-state index is 0.00792. The fourth-order valence-electron chi connectivity index (χ4n) is 4.22. The van der Waals surface area contributed by atoms with Gasteiger partial charge in [0.25, 0.3) is 0 Å². The van der Waals surface area contributed by atoms with Crippen molar-refractivity contribution in [3.8, 4) is 6.07 Å². The third-order valence-corrected chi connectivity index (χ3v) is 5.88. The first-order valence-corrected chi connectivity index (χ1v) is 11.5. The maximum absolute atomic E-state index is 13.8. The Labute approximate surface area is 200 Å². The number of hydrogen-bond donors (Lipinski definition) is 3. The number of carboxylic acid groups (broad SMARTS) is 1. The minimum atomic E-state index is -0.843. The zero-order valence-corrected chi connectivity index (χ0v) is 19.5. The van der Waals surface area contributed by atoms with Crippen LogP contribution in [0, 0.1) is 24.1 Å². The van der Waals surface area contributed by atoms with Crippen molar-refractivity contribution in [1.29, 1.82) is 5.26 Å². The molecule has 0 radical (unpaired) electrons. The molecule has 34 heavy (non-hydrogen) atoms. The molecule has 176 valence electrons. The summed E-state index contributed by atoms with van der Waals surface area (Å²) >= 11 is 0. The molecule has 2 atom stereocenters. The Kier molecular flexibility index (Phi) is 8.78. The summed E-state index contributed by atoms with van der Waals surface area (Å²) in [6.45, 7) is 4.56. The number of nitrogens with zero attached hydrogens (tertiary/aromatic N) is 1. The van der Waals surface area contributed by atoms with Crippen LogP contribution in [0.15, 0.2) is 66.7 Å². The number of rotatable bonds is 11. The number of carboxylic acids is 1. The van der Waals surface area contributed by atoms with Crippen molar-refractivity contribution in [3.63, 3.8) is 0 Å². The molecule has 3 N–H and O–H groups in total. The molecule has 0 bridgehead atoms. The highest BCUT2D eigenvalue weighted by Crippen LogP contribution is 2.28. The van der Waals surface area contributed by atoms with Crippen molar-refractivity contribution in [1.82, 2.24) is 5.32 Å². The third-order valence-electron chi connectivity index (χ3n) is 5.88. The predicted octanol–water partition coefficient (Wildman–Crippen LogP) is 5.40. The number of nitrogens with one attached hydrogen (secondary N) is 2. The molecule has 5 nitrogen and oxygen atoms in total. The van der Waals surface area contributed by atoms with E-state index in [1.54, 1.807) is 6.92 Å². The lowest BCUT2D eigenvalue weighted by molar-refractivity contribution is -0.136. The van der Waals surface area contributed by atoms with Gasteiger partial charge in [-0.15, -0.1) is 0 Å². The molecule has 0 amide bonds. The average molecular weight is 460 g/mol. The summed E-state index contributed by atoms with van der Waals surface area (Å²) in [4.78, 5) is 11.0. The number of anilines is 1. The number of carbonyl (C=O) groups is 1. The van der Waals surface area contributed by atoms with Crippen molar-refractivity contribution in [2.75, 3.05) is 11.9 Å². The zero-order valence-electron chi connectivity index (χ0n) is 19.5. The quantitative estimate of drug-likeness (QED) is 0.358. The van der Waals surface area contributed by atoms with Crippen LogP contribution in [0.1, 0.15) is 47.2 Å². The lowest BCUT2D eigenvalue weighted by Gasteiger charge is -2.30. The number of hydrogen-bond acceptors (Lipinski definition) is 4. The molecule has 0 aliphatic rings. The molecule has 6 heteroatoms. The van der Waals surface area contributed by atoms with Crippen molar-refractivity contribution < 1.29 is 14.3 Å². The van der Waals surface area contributed by atoms with E-state index in [0.29, 0.717) is 17.8 Å². The van der Waals surface area contributed by atoms with Gasteiger partial charge in [0.05, 0.1) is 23.7 Å². The fraction of sp³-hybridized carbons (Fsp3) is 0.286. The molecular weight excluding hydrogens is 429 g/mol. The number of nitriles is 1. The van der Waals surface area contributed by atoms with Crippen LogP contribution < -0.4 is 10.6 Å². The molecule has 0 spiro atoms. The first-order chi connectivity index (χ1) is 16.4. The maximum atomic E-state index is 13.8. The Morgan fingerprint density at radius 1 is 1.09 bits per heavy atom. The summed E-state index contributed by atoms with van der Waals surface area (Å²) in [5.41, 5.74) is 4.60. The largest absolute Gasteiger partial charge is 0.481 e. The lowest BCUT2D eigenvalue weighted by Crippen LogP contribution is -2.38. The molecular formula is C28H30FN3O2. The maximum Gasteiger partial charge on any atom is 0.307 e. The second-order valence-electron chi connectivity index (χ2n) is 8.40. The number of halogens is 1. The molecule has 0 aromatic heterocycles. The highest BCUT2D eigenvalue weighted by Gasteiger charge is 2.23. The van der Waals surface area contributed by atoms with E-state index < -0.39 is 11.8 Å². The zero-order chi connectivity index (χ0) is 24.5. The number of benzene rings is 3. The van der Waals surface area contributed by atoms with Gasteiger partial charge in [0, 0.05) is 6.04 Å². The van der Waals surface area contributed by atoms with Crippen LogP contribution >= 0.6 is 0 Å². The molecule has 0 aliphatic carbocycles. The van der Waals surface area contributed by atoms with E-state index in [4.69, 9.17) is 5.11 Å². The van der Waals surface area contributed by atoms with E-state index in [-0.39, 0.29) is 24.1 Å². The van der Waals surface area contributed by atoms with Crippen LogP contribution in [-0.2, 0) is 17.6 Å². The lowest BCUT2D eigenvalue weighted by atomic mass is 9.95. The summed E-state index contributed by atoms with van der Waals surface area (Å²) in [5, 5.41) is 25.8. The fourth-order valence-corrected chi connectivity index (χ4v) is 4.22. The summed E-state index contributed by atoms with van der Waals surface area (Å²) in [7, 11) is 0. The van der Waals surface area contributed by atoms with Crippen LogP contribution in [0.4, 0.5) is 10.1 Å². The average Bonchev–Trinajstić information content (AvgIpc) is 2.82. The van der Waals surface area contributed by atoms with Gasteiger partial charge in [-0.2, -0.15) is 5.26 Å².